The van der Waals surface area contributed by atoms with E-state index in [1.54, 1.807) is 11.3 Å². The molecule has 18 heavy (non-hydrogen) atoms. The summed E-state index contributed by atoms with van der Waals surface area (Å²) in [7, 11) is 1.97. The second-order valence-corrected chi connectivity index (χ2v) is 5.65. The fourth-order valence-corrected chi connectivity index (χ4v) is 2.85. The Labute approximate surface area is 112 Å². The van der Waals surface area contributed by atoms with Crippen molar-refractivity contribution in [1.82, 2.24) is 15.5 Å². The SMILES string of the molecule is CNCCCc1nnc(-c2cc(C)cc(C)c2)s1. The number of aryl methyl sites for hydroxylation is 3. The molecule has 2 rings (SSSR count). The minimum absolute atomic E-state index is 1.00. The van der Waals surface area contributed by atoms with Crippen LogP contribution in [-0.2, 0) is 6.42 Å². The number of rotatable bonds is 5. The molecule has 0 saturated carbocycles. The van der Waals surface area contributed by atoms with E-state index in [2.05, 4.69) is 47.6 Å². The van der Waals surface area contributed by atoms with Gasteiger partial charge in [0.15, 0.2) is 0 Å². The second kappa shape index (κ2) is 6.07. The third-order valence-corrected chi connectivity index (χ3v) is 3.79. The number of aromatic nitrogens is 2. The van der Waals surface area contributed by atoms with E-state index in [4.69, 9.17) is 0 Å². The Morgan fingerprint density at radius 3 is 2.50 bits per heavy atom. The van der Waals surface area contributed by atoms with Gasteiger partial charge in [0.2, 0.25) is 0 Å². The summed E-state index contributed by atoms with van der Waals surface area (Å²) in [6.45, 7) is 5.26. The Hall–Kier alpha value is -1.26. The molecule has 0 unspecified atom stereocenters. The van der Waals surface area contributed by atoms with Crippen molar-refractivity contribution in [1.29, 1.82) is 0 Å². The fourth-order valence-electron chi connectivity index (χ4n) is 1.99. The maximum Gasteiger partial charge on any atom is 0.147 e. The predicted octanol–water partition coefficient (Wildman–Crippen LogP) is 2.97. The molecule has 1 heterocycles. The van der Waals surface area contributed by atoms with Gasteiger partial charge in [-0.1, -0.05) is 28.5 Å². The van der Waals surface area contributed by atoms with E-state index in [9.17, 15) is 0 Å². The number of hydrogen-bond donors (Lipinski definition) is 1. The molecular weight excluding hydrogens is 242 g/mol. The van der Waals surface area contributed by atoms with E-state index in [0.29, 0.717) is 0 Å². The average Bonchev–Trinajstić information content (AvgIpc) is 2.77. The maximum absolute atomic E-state index is 4.30. The molecule has 2 aromatic rings. The van der Waals surface area contributed by atoms with Gasteiger partial charge in [-0.25, -0.2) is 0 Å². The van der Waals surface area contributed by atoms with Gasteiger partial charge in [-0.2, -0.15) is 0 Å². The summed E-state index contributed by atoms with van der Waals surface area (Å²) in [6.07, 6.45) is 2.11. The van der Waals surface area contributed by atoms with Crippen LogP contribution in [0.3, 0.4) is 0 Å². The van der Waals surface area contributed by atoms with E-state index < -0.39 is 0 Å². The van der Waals surface area contributed by atoms with Crippen molar-refractivity contribution >= 4 is 11.3 Å². The quantitative estimate of drug-likeness (QED) is 0.841. The molecule has 96 valence electrons. The molecule has 0 aliphatic heterocycles. The van der Waals surface area contributed by atoms with Crippen LogP contribution < -0.4 is 5.32 Å². The summed E-state index contributed by atoms with van der Waals surface area (Å²) in [5.74, 6) is 0. The summed E-state index contributed by atoms with van der Waals surface area (Å²) in [5, 5.41) is 13.9. The van der Waals surface area contributed by atoms with Crippen molar-refractivity contribution in [2.45, 2.75) is 26.7 Å². The molecule has 1 aromatic heterocycles. The highest BCUT2D eigenvalue weighted by Gasteiger charge is 2.07. The van der Waals surface area contributed by atoms with Crippen LogP contribution in [0.25, 0.3) is 10.6 Å². The van der Waals surface area contributed by atoms with Crippen molar-refractivity contribution < 1.29 is 0 Å². The first-order valence-electron chi connectivity index (χ1n) is 6.24. The van der Waals surface area contributed by atoms with E-state index in [0.717, 1.165) is 29.4 Å². The molecule has 0 fully saturated rings. The summed E-state index contributed by atoms with van der Waals surface area (Å²) >= 11 is 1.70. The Kier molecular flexibility index (Phi) is 4.44. The van der Waals surface area contributed by atoms with Gasteiger partial charge in [0.1, 0.15) is 10.0 Å². The molecule has 1 aromatic carbocycles. The highest BCUT2D eigenvalue weighted by molar-refractivity contribution is 7.14. The van der Waals surface area contributed by atoms with Crippen molar-refractivity contribution in [2.75, 3.05) is 13.6 Å². The third kappa shape index (κ3) is 3.37. The van der Waals surface area contributed by atoms with Crippen LogP contribution in [0.5, 0.6) is 0 Å². The lowest BCUT2D eigenvalue weighted by Gasteiger charge is -2.00. The zero-order valence-corrected chi connectivity index (χ0v) is 12.0. The van der Waals surface area contributed by atoms with E-state index >= 15 is 0 Å². The van der Waals surface area contributed by atoms with Crippen molar-refractivity contribution in [3.8, 4) is 10.6 Å². The normalized spacial score (nSPS) is 10.8. The van der Waals surface area contributed by atoms with E-state index in [-0.39, 0.29) is 0 Å². The zero-order chi connectivity index (χ0) is 13.0. The van der Waals surface area contributed by atoms with Crippen molar-refractivity contribution in [3.05, 3.63) is 34.3 Å². The highest BCUT2D eigenvalue weighted by Crippen LogP contribution is 2.25. The average molecular weight is 261 g/mol. The van der Waals surface area contributed by atoms with Gasteiger partial charge < -0.3 is 5.32 Å². The van der Waals surface area contributed by atoms with Crippen molar-refractivity contribution in [2.24, 2.45) is 0 Å². The molecule has 0 aliphatic carbocycles. The molecule has 0 aliphatic rings. The summed E-state index contributed by atoms with van der Waals surface area (Å²) in [5.41, 5.74) is 3.73. The minimum atomic E-state index is 1.00. The van der Waals surface area contributed by atoms with Gasteiger partial charge >= 0.3 is 0 Å². The van der Waals surface area contributed by atoms with E-state index in [1.807, 2.05) is 7.05 Å². The second-order valence-electron chi connectivity index (χ2n) is 4.58. The largest absolute Gasteiger partial charge is 0.320 e. The number of hydrogen-bond acceptors (Lipinski definition) is 4. The number of benzene rings is 1. The monoisotopic (exact) mass is 261 g/mol. The molecule has 1 N–H and O–H groups in total. The molecular formula is C14H19N3S. The lowest BCUT2D eigenvalue weighted by Crippen LogP contribution is -2.08. The Morgan fingerprint density at radius 1 is 1.11 bits per heavy atom. The van der Waals surface area contributed by atoms with Gasteiger partial charge in [0, 0.05) is 12.0 Å². The smallest absolute Gasteiger partial charge is 0.147 e. The first-order chi connectivity index (χ1) is 8.69. The molecule has 0 spiro atoms. The molecule has 0 amide bonds. The van der Waals surface area contributed by atoms with Gasteiger partial charge in [0.05, 0.1) is 0 Å². The zero-order valence-electron chi connectivity index (χ0n) is 11.2. The minimum Gasteiger partial charge on any atom is -0.320 e. The van der Waals surface area contributed by atoms with Gasteiger partial charge in [-0.05, 0) is 46.0 Å². The lowest BCUT2D eigenvalue weighted by atomic mass is 10.1. The highest BCUT2D eigenvalue weighted by atomic mass is 32.1. The molecule has 0 bridgehead atoms. The van der Waals surface area contributed by atoms with Crippen LogP contribution >= 0.6 is 11.3 Å². The van der Waals surface area contributed by atoms with Crippen LogP contribution in [0.2, 0.25) is 0 Å². The summed E-state index contributed by atoms with van der Waals surface area (Å²) < 4.78 is 0. The van der Waals surface area contributed by atoms with Gasteiger partial charge in [-0.3, -0.25) is 0 Å². The Balaban J connectivity index is 2.13. The fraction of sp³-hybridized carbons (Fsp3) is 0.429. The summed E-state index contributed by atoms with van der Waals surface area (Å²) in [4.78, 5) is 0. The Morgan fingerprint density at radius 2 is 1.83 bits per heavy atom. The number of nitrogens with one attached hydrogen (secondary N) is 1. The van der Waals surface area contributed by atoms with Crippen LogP contribution in [0.15, 0.2) is 18.2 Å². The van der Waals surface area contributed by atoms with Crippen LogP contribution in [-0.4, -0.2) is 23.8 Å². The molecule has 3 nitrogen and oxygen atoms in total. The van der Waals surface area contributed by atoms with Crippen LogP contribution in [0.1, 0.15) is 22.6 Å². The number of nitrogens with zero attached hydrogens (tertiary/aromatic N) is 2. The van der Waals surface area contributed by atoms with Crippen LogP contribution in [0.4, 0.5) is 0 Å². The summed E-state index contributed by atoms with van der Waals surface area (Å²) in [6, 6.07) is 6.52. The van der Waals surface area contributed by atoms with E-state index in [1.165, 1.54) is 16.7 Å². The van der Waals surface area contributed by atoms with Crippen LogP contribution in [0, 0.1) is 13.8 Å². The lowest BCUT2D eigenvalue weighted by molar-refractivity contribution is 0.718. The first kappa shape index (κ1) is 13.2. The van der Waals surface area contributed by atoms with Gasteiger partial charge in [0.25, 0.3) is 0 Å². The predicted molar refractivity (Wildman–Crippen MR) is 77.1 cm³/mol. The Bertz CT molecular complexity index is 499. The third-order valence-electron chi connectivity index (χ3n) is 2.75. The topological polar surface area (TPSA) is 37.8 Å². The standard InChI is InChI=1S/C14H19N3S/c1-10-7-11(2)9-12(8-10)14-17-16-13(18-14)5-4-6-15-3/h7-9,15H,4-6H2,1-3H3. The molecule has 0 radical (unpaired) electrons. The molecule has 0 saturated heterocycles. The maximum atomic E-state index is 4.30. The molecule has 0 atom stereocenters. The molecule has 4 heteroatoms. The first-order valence-corrected chi connectivity index (χ1v) is 7.06. The van der Waals surface area contributed by atoms with Crippen molar-refractivity contribution in [3.63, 3.8) is 0 Å². The van der Waals surface area contributed by atoms with Gasteiger partial charge in [-0.15, -0.1) is 10.2 Å².